The predicted molar refractivity (Wildman–Crippen MR) is 344 cm³/mol. The molecule has 0 aliphatic carbocycles. The first kappa shape index (κ1) is 76.1. The van der Waals surface area contributed by atoms with Crippen LogP contribution in [0, 0.1) is 0 Å². The number of esters is 2. The Morgan fingerprint density at radius 1 is 0.400 bits per heavy atom. The summed E-state index contributed by atoms with van der Waals surface area (Å²) >= 11 is 0. The van der Waals surface area contributed by atoms with Gasteiger partial charge in [0, 0.05) is 12.8 Å². The van der Waals surface area contributed by atoms with Crippen molar-refractivity contribution in [3.05, 3.63) is 134 Å². The van der Waals surface area contributed by atoms with Crippen molar-refractivity contribution < 1.29 is 42.1 Å². The Hall–Kier alpha value is -3.85. The molecule has 2 atom stereocenters. The lowest BCUT2D eigenvalue weighted by atomic mass is 10.0. The number of hydrogen-bond acceptors (Lipinski definition) is 7. The number of carbonyl (C=O) groups excluding carboxylic acids is 2. The van der Waals surface area contributed by atoms with Gasteiger partial charge < -0.3 is 18.9 Å². The molecule has 456 valence electrons. The zero-order valence-corrected chi connectivity index (χ0v) is 52.7. The van der Waals surface area contributed by atoms with E-state index in [2.05, 4.69) is 148 Å². The molecule has 0 saturated heterocycles. The molecule has 0 rings (SSSR count). The van der Waals surface area contributed by atoms with Gasteiger partial charge in [-0.2, -0.15) is 0 Å². The minimum Gasteiger partial charge on any atom is -0.462 e. The first-order chi connectivity index (χ1) is 39.0. The van der Waals surface area contributed by atoms with E-state index in [1.165, 1.54) is 89.9 Å². The molecule has 0 heterocycles. The summed E-state index contributed by atoms with van der Waals surface area (Å²) in [5, 5.41) is 0. The van der Waals surface area contributed by atoms with Crippen molar-refractivity contribution in [3.8, 4) is 0 Å². The number of quaternary nitrogens is 1. The fourth-order valence-corrected chi connectivity index (χ4v) is 9.01. The van der Waals surface area contributed by atoms with Gasteiger partial charge in [-0.05, 0) is 116 Å². The van der Waals surface area contributed by atoms with Gasteiger partial charge in [-0.15, -0.1) is 0 Å². The predicted octanol–water partition coefficient (Wildman–Crippen LogP) is 20.5. The summed E-state index contributed by atoms with van der Waals surface area (Å²) in [6.07, 6.45) is 86.7. The maximum Gasteiger partial charge on any atom is 0.472 e. The fourth-order valence-electron chi connectivity index (χ4n) is 8.27. The van der Waals surface area contributed by atoms with E-state index < -0.39 is 26.5 Å². The van der Waals surface area contributed by atoms with Crippen molar-refractivity contribution in [2.24, 2.45) is 0 Å². The number of hydrogen-bond donors (Lipinski definition) is 1. The highest BCUT2D eigenvalue weighted by Gasteiger charge is 2.27. The van der Waals surface area contributed by atoms with Crippen molar-refractivity contribution in [2.75, 3.05) is 47.5 Å². The molecule has 9 nitrogen and oxygen atoms in total. The fraction of sp³-hybridized carbons (Fsp3) is 0.657. The van der Waals surface area contributed by atoms with Gasteiger partial charge in [0.2, 0.25) is 0 Å². The largest absolute Gasteiger partial charge is 0.472 e. The highest BCUT2D eigenvalue weighted by molar-refractivity contribution is 7.47. The molecule has 0 aliphatic rings. The van der Waals surface area contributed by atoms with E-state index in [0.29, 0.717) is 17.4 Å². The first-order valence-electron chi connectivity index (χ1n) is 31.9. The molecule has 1 N–H and O–H groups in total. The molecular formula is C70H119NO8P+. The lowest BCUT2D eigenvalue weighted by molar-refractivity contribution is -0.870. The van der Waals surface area contributed by atoms with E-state index in [-0.39, 0.29) is 32.0 Å². The van der Waals surface area contributed by atoms with Gasteiger partial charge >= 0.3 is 19.8 Å². The van der Waals surface area contributed by atoms with E-state index in [4.69, 9.17) is 18.5 Å². The van der Waals surface area contributed by atoms with E-state index in [0.717, 1.165) is 122 Å². The van der Waals surface area contributed by atoms with Crippen molar-refractivity contribution in [2.45, 2.75) is 251 Å². The van der Waals surface area contributed by atoms with Crippen LogP contribution in [0.4, 0.5) is 0 Å². The van der Waals surface area contributed by atoms with E-state index in [1.807, 2.05) is 21.1 Å². The third kappa shape index (κ3) is 63.3. The van der Waals surface area contributed by atoms with Crippen LogP contribution >= 0.6 is 7.82 Å². The van der Waals surface area contributed by atoms with Crippen LogP contribution in [0.2, 0.25) is 0 Å². The third-order valence-corrected chi connectivity index (χ3v) is 14.1. The van der Waals surface area contributed by atoms with Crippen LogP contribution in [-0.4, -0.2) is 74.9 Å². The van der Waals surface area contributed by atoms with Crippen LogP contribution in [0.1, 0.15) is 245 Å². The number of ether oxygens (including phenoxy) is 2. The summed E-state index contributed by atoms with van der Waals surface area (Å²) in [7, 11) is 1.45. The quantitative estimate of drug-likeness (QED) is 0.0211. The molecule has 0 aromatic heterocycles. The molecule has 0 aromatic carbocycles. The summed E-state index contributed by atoms with van der Waals surface area (Å²) < 4.78 is 34.6. The summed E-state index contributed by atoms with van der Waals surface area (Å²) in [5.41, 5.74) is 0. The average molecular weight is 1130 g/mol. The summed E-state index contributed by atoms with van der Waals surface area (Å²) in [6.45, 7) is 4.28. The highest BCUT2D eigenvalue weighted by atomic mass is 31.2. The Morgan fingerprint density at radius 3 is 1.06 bits per heavy atom. The molecule has 80 heavy (non-hydrogen) atoms. The van der Waals surface area contributed by atoms with Gasteiger partial charge in [-0.25, -0.2) is 4.57 Å². The second-order valence-corrected chi connectivity index (χ2v) is 23.5. The molecule has 0 bridgehead atoms. The van der Waals surface area contributed by atoms with Crippen LogP contribution in [0.5, 0.6) is 0 Å². The minimum atomic E-state index is -4.40. The maximum absolute atomic E-state index is 12.8. The monoisotopic (exact) mass is 1130 g/mol. The van der Waals surface area contributed by atoms with Crippen LogP contribution in [-0.2, 0) is 32.7 Å². The Bertz CT molecular complexity index is 1810. The van der Waals surface area contributed by atoms with Gasteiger partial charge in [0.15, 0.2) is 6.10 Å². The third-order valence-electron chi connectivity index (χ3n) is 13.2. The average Bonchev–Trinajstić information content (AvgIpc) is 3.42. The molecule has 0 saturated carbocycles. The van der Waals surface area contributed by atoms with Gasteiger partial charge in [-0.1, -0.05) is 250 Å². The molecule has 0 aromatic rings. The van der Waals surface area contributed by atoms with Crippen LogP contribution in [0.15, 0.2) is 134 Å². The van der Waals surface area contributed by atoms with Crippen LogP contribution in [0.3, 0.4) is 0 Å². The van der Waals surface area contributed by atoms with Gasteiger partial charge in [0.05, 0.1) is 27.7 Å². The molecule has 10 heteroatoms. The second-order valence-electron chi connectivity index (χ2n) is 22.1. The van der Waals surface area contributed by atoms with Crippen molar-refractivity contribution in [1.82, 2.24) is 0 Å². The Morgan fingerprint density at radius 2 is 0.713 bits per heavy atom. The molecule has 0 amide bonds. The first-order valence-corrected chi connectivity index (χ1v) is 33.4. The summed E-state index contributed by atoms with van der Waals surface area (Å²) in [6, 6.07) is 0. The second kappa shape index (κ2) is 59.8. The summed E-state index contributed by atoms with van der Waals surface area (Å²) in [4.78, 5) is 35.8. The smallest absolute Gasteiger partial charge is 0.462 e. The number of rotatable bonds is 57. The topological polar surface area (TPSA) is 108 Å². The molecule has 0 fully saturated rings. The zero-order chi connectivity index (χ0) is 58.4. The summed E-state index contributed by atoms with van der Waals surface area (Å²) in [5.74, 6) is -0.823. The number of phosphoric acid groups is 1. The van der Waals surface area contributed by atoms with Crippen molar-refractivity contribution >= 4 is 19.8 Å². The molecule has 0 radical (unpaired) electrons. The number of unbranched alkanes of at least 4 members (excludes halogenated alkanes) is 21. The van der Waals surface area contributed by atoms with E-state index >= 15 is 0 Å². The Labute approximate surface area is 491 Å². The highest BCUT2D eigenvalue weighted by Crippen LogP contribution is 2.43. The SMILES string of the molecule is CC/C=C\C/C=C\C/C=C\C/C=C\C/C=C\C/C=C\C/C=C\C/C=C\CCCCCCCCCCCCC(=O)OC(COC(=O)CCCCCCCC/C=C\C/C=C\C/C=C\CCCCCCC)COP(=O)(O)OCC[N+](C)(C)C. The normalized spacial score (nSPS) is 14.1. The van der Waals surface area contributed by atoms with Gasteiger partial charge in [0.25, 0.3) is 0 Å². The number of likely N-dealkylation sites (N-methyl/N-ethyl adjacent to an activating group) is 1. The number of phosphoric ester groups is 1. The van der Waals surface area contributed by atoms with Crippen molar-refractivity contribution in [1.29, 1.82) is 0 Å². The maximum atomic E-state index is 12.8. The molecule has 0 spiro atoms. The molecule has 2 unspecified atom stereocenters. The van der Waals surface area contributed by atoms with Crippen LogP contribution in [0.25, 0.3) is 0 Å². The molecular weight excluding hydrogens is 1010 g/mol. The van der Waals surface area contributed by atoms with E-state index in [9.17, 15) is 19.0 Å². The number of allylic oxidation sites excluding steroid dienone is 22. The van der Waals surface area contributed by atoms with Crippen molar-refractivity contribution in [3.63, 3.8) is 0 Å². The van der Waals surface area contributed by atoms with Gasteiger partial charge in [-0.3, -0.25) is 18.6 Å². The number of nitrogens with zero attached hydrogens (tertiary/aromatic N) is 1. The number of carbonyl (C=O) groups is 2. The van der Waals surface area contributed by atoms with Gasteiger partial charge in [0.1, 0.15) is 19.8 Å². The molecule has 0 aliphatic heterocycles. The zero-order valence-electron chi connectivity index (χ0n) is 51.8. The minimum absolute atomic E-state index is 0.0218. The lowest BCUT2D eigenvalue weighted by Crippen LogP contribution is -2.37. The standard InChI is InChI=1S/C70H118NO8P/c1-6-8-10-12-14-16-18-20-22-24-26-28-29-30-31-32-33-34-35-36-37-38-39-40-41-43-45-47-49-51-53-55-57-59-61-63-70(73)79-68(67-78-80(74,75)77-65-64-71(3,4)5)66-76-69(72)62-60-58-56-54-52-50-48-46-44-42-27-25-23-21-19-17-15-13-11-9-7-2/h8,10,14,16,19-22,25-28,30-31,33-34,36-37,39-40,44,46,68H,6-7,9,11-13,15,17-18,23-24,29,32,35,38,41-43,45,47-67H2,1-5H3/p+1/b10-8-,16-14-,21-19-,22-20-,27-25-,28-26-,31-30-,34-33-,37-36-,40-39-,46-44-. The lowest BCUT2D eigenvalue weighted by Gasteiger charge is -2.24. The Balaban J connectivity index is 4.17. The Kier molecular flexibility index (Phi) is 56.9. The van der Waals surface area contributed by atoms with Crippen LogP contribution < -0.4 is 0 Å². The van der Waals surface area contributed by atoms with E-state index in [1.54, 1.807) is 0 Å².